The molecule has 0 radical (unpaired) electrons. The second kappa shape index (κ2) is 5.66. The Balaban J connectivity index is 2.44. The number of carbonyl (C=O) groups is 1. The first-order chi connectivity index (χ1) is 7.22. The van der Waals surface area contributed by atoms with Gasteiger partial charge in [-0.05, 0) is 24.3 Å². The summed E-state index contributed by atoms with van der Waals surface area (Å²) in [6, 6.07) is 5.71. The van der Waals surface area contributed by atoms with Gasteiger partial charge < -0.3 is 9.47 Å². The Kier molecular flexibility index (Phi) is 4.17. The van der Waals surface area contributed by atoms with Crippen LogP contribution in [0.2, 0.25) is 0 Å². The van der Waals surface area contributed by atoms with E-state index in [0.717, 1.165) is 0 Å². The molecule has 0 fully saturated rings. The van der Waals surface area contributed by atoms with Crippen molar-refractivity contribution in [2.75, 3.05) is 13.7 Å². The molecule has 0 heterocycles. The topological polar surface area (TPSA) is 35.5 Å². The standard InChI is InChI=1S/C11H9FO3/c1-14-11(13)15-8-2-3-9-4-6-10(12)7-5-9/h4-7H,8H2,1H3. The number of hydrogen-bond donors (Lipinski definition) is 0. The zero-order valence-electron chi connectivity index (χ0n) is 8.12. The first-order valence-electron chi connectivity index (χ1n) is 4.17. The van der Waals surface area contributed by atoms with Crippen LogP contribution in [0.5, 0.6) is 0 Å². The van der Waals surface area contributed by atoms with Crippen LogP contribution in [0.3, 0.4) is 0 Å². The number of halogens is 1. The maximum atomic E-state index is 12.5. The van der Waals surface area contributed by atoms with Crippen LogP contribution < -0.4 is 0 Å². The average Bonchev–Trinajstić information content (AvgIpc) is 2.26. The quantitative estimate of drug-likeness (QED) is 0.522. The highest BCUT2D eigenvalue weighted by molar-refractivity contribution is 5.59. The largest absolute Gasteiger partial charge is 0.508 e. The molecule has 0 amide bonds. The van der Waals surface area contributed by atoms with E-state index in [0.29, 0.717) is 5.56 Å². The van der Waals surface area contributed by atoms with Gasteiger partial charge >= 0.3 is 6.16 Å². The van der Waals surface area contributed by atoms with Gasteiger partial charge in [-0.25, -0.2) is 9.18 Å². The number of rotatable bonds is 1. The Morgan fingerprint density at radius 2 is 2.07 bits per heavy atom. The molecule has 0 unspecified atom stereocenters. The minimum absolute atomic E-state index is 0.0515. The van der Waals surface area contributed by atoms with Gasteiger partial charge in [0, 0.05) is 5.56 Å². The van der Waals surface area contributed by atoms with Gasteiger partial charge in [0.25, 0.3) is 0 Å². The van der Waals surface area contributed by atoms with Crippen LogP contribution in [0.4, 0.5) is 9.18 Å². The Labute approximate surface area is 86.8 Å². The Morgan fingerprint density at radius 3 is 2.67 bits per heavy atom. The van der Waals surface area contributed by atoms with E-state index in [2.05, 4.69) is 21.3 Å². The predicted molar refractivity (Wildman–Crippen MR) is 51.6 cm³/mol. The molecule has 0 aliphatic rings. The molecule has 78 valence electrons. The molecule has 0 aromatic heterocycles. The number of hydrogen-bond acceptors (Lipinski definition) is 3. The number of benzene rings is 1. The van der Waals surface area contributed by atoms with Crippen molar-refractivity contribution in [3.63, 3.8) is 0 Å². The number of ether oxygens (including phenoxy) is 2. The molecule has 0 atom stereocenters. The van der Waals surface area contributed by atoms with Crippen molar-refractivity contribution in [3.8, 4) is 11.8 Å². The van der Waals surface area contributed by atoms with Crippen molar-refractivity contribution < 1.29 is 18.7 Å². The maximum absolute atomic E-state index is 12.5. The summed E-state index contributed by atoms with van der Waals surface area (Å²) < 4.78 is 21.3. The minimum atomic E-state index is -0.775. The summed E-state index contributed by atoms with van der Waals surface area (Å²) in [7, 11) is 1.22. The van der Waals surface area contributed by atoms with E-state index in [1.165, 1.54) is 19.2 Å². The lowest BCUT2D eigenvalue weighted by Gasteiger charge is -1.95. The highest BCUT2D eigenvalue weighted by atomic mass is 19.1. The predicted octanol–water partition coefficient (Wildman–Crippen LogP) is 1.96. The summed E-state index contributed by atoms with van der Waals surface area (Å²) in [5, 5.41) is 0. The first kappa shape index (κ1) is 11.1. The van der Waals surface area contributed by atoms with Crippen LogP contribution in [0.1, 0.15) is 5.56 Å². The van der Waals surface area contributed by atoms with Crippen molar-refractivity contribution in [2.24, 2.45) is 0 Å². The fourth-order valence-corrected chi connectivity index (χ4v) is 0.825. The fraction of sp³-hybridized carbons (Fsp3) is 0.182. The maximum Gasteiger partial charge on any atom is 0.508 e. The van der Waals surface area contributed by atoms with Gasteiger partial charge in [0.2, 0.25) is 0 Å². The summed E-state index contributed by atoms with van der Waals surface area (Å²) in [6.07, 6.45) is -0.775. The van der Waals surface area contributed by atoms with Crippen molar-refractivity contribution in [2.45, 2.75) is 0 Å². The van der Waals surface area contributed by atoms with Crippen LogP contribution in [0.25, 0.3) is 0 Å². The summed E-state index contributed by atoms with van der Waals surface area (Å²) in [5.41, 5.74) is 0.657. The highest BCUT2D eigenvalue weighted by Crippen LogP contribution is 2.00. The molecule has 0 spiro atoms. The molecule has 4 heteroatoms. The van der Waals surface area contributed by atoms with E-state index < -0.39 is 6.16 Å². The Bertz CT molecular complexity index is 387. The van der Waals surface area contributed by atoms with E-state index in [9.17, 15) is 9.18 Å². The molecule has 3 nitrogen and oxygen atoms in total. The van der Waals surface area contributed by atoms with Crippen LogP contribution >= 0.6 is 0 Å². The van der Waals surface area contributed by atoms with Gasteiger partial charge in [-0.1, -0.05) is 11.8 Å². The van der Waals surface area contributed by atoms with Crippen molar-refractivity contribution in [1.29, 1.82) is 0 Å². The number of methoxy groups -OCH3 is 1. The Hall–Kier alpha value is -2.02. The smallest absolute Gasteiger partial charge is 0.438 e. The molecule has 0 saturated carbocycles. The zero-order chi connectivity index (χ0) is 11.1. The lowest BCUT2D eigenvalue weighted by atomic mass is 10.2. The SMILES string of the molecule is COC(=O)OCC#Cc1ccc(F)cc1. The molecular weight excluding hydrogens is 199 g/mol. The summed E-state index contributed by atoms with van der Waals surface area (Å²) in [5.74, 6) is 4.98. The molecule has 1 aromatic carbocycles. The van der Waals surface area contributed by atoms with E-state index in [-0.39, 0.29) is 12.4 Å². The monoisotopic (exact) mass is 208 g/mol. The normalized spacial score (nSPS) is 8.67. The van der Waals surface area contributed by atoms with E-state index >= 15 is 0 Å². The third-order valence-corrected chi connectivity index (χ3v) is 1.51. The van der Waals surface area contributed by atoms with Gasteiger partial charge in [-0.15, -0.1) is 0 Å². The Morgan fingerprint density at radius 1 is 1.40 bits per heavy atom. The summed E-state index contributed by atoms with van der Waals surface area (Å²) in [6.45, 7) is -0.0515. The van der Waals surface area contributed by atoms with Crippen LogP contribution in [-0.4, -0.2) is 19.9 Å². The van der Waals surface area contributed by atoms with E-state index in [1.54, 1.807) is 12.1 Å². The highest BCUT2D eigenvalue weighted by Gasteiger charge is 1.95. The second-order valence-electron chi connectivity index (χ2n) is 2.55. The van der Waals surface area contributed by atoms with E-state index in [4.69, 9.17) is 0 Å². The third kappa shape index (κ3) is 4.14. The third-order valence-electron chi connectivity index (χ3n) is 1.51. The van der Waals surface area contributed by atoms with Crippen LogP contribution in [0, 0.1) is 17.7 Å². The number of carbonyl (C=O) groups excluding carboxylic acids is 1. The first-order valence-corrected chi connectivity index (χ1v) is 4.17. The molecular formula is C11H9FO3. The second-order valence-corrected chi connectivity index (χ2v) is 2.55. The van der Waals surface area contributed by atoms with Gasteiger partial charge in [0.05, 0.1) is 7.11 Å². The summed E-state index contributed by atoms with van der Waals surface area (Å²) >= 11 is 0. The average molecular weight is 208 g/mol. The van der Waals surface area contributed by atoms with Gasteiger partial charge in [-0.2, -0.15) is 0 Å². The van der Waals surface area contributed by atoms with Gasteiger partial charge in [0.15, 0.2) is 6.61 Å². The molecule has 1 aromatic rings. The molecule has 0 N–H and O–H groups in total. The summed E-state index contributed by atoms with van der Waals surface area (Å²) in [4.78, 5) is 10.5. The van der Waals surface area contributed by atoms with Crippen LogP contribution in [0.15, 0.2) is 24.3 Å². The minimum Gasteiger partial charge on any atom is -0.438 e. The molecule has 0 saturated heterocycles. The van der Waals surface area contributed by atoms with Gasteiger partial charge in [-0.3, -0.25) is 0 Å². The molecule has 0 aliphatic heterocycles. The van der Waals surface area contributed by atoms with Crippen molar-refractivity contribution >= 4 is 6.16 Å². The van der Waals surface area contributed by atoms with Gasteiger partial charge in [0.1, 0.15) is 5.82 Å². The zero-order valence-corrected chi connectivity index (χ0v) is 8.12. The van der Waals surface area contributed by atoms with Crippen molar-refractivity contribution in [1.82, 2.24) is 0 Å². The lowest BCUT2D eigenvalue weighted by Crippen LogP contribution is -2.03. The fourth-order valence-electron chi connectivity index (χ4n) is 0.825. The molecule has 0 aliphatic carbocycles. The lowest BCUT2D eigenvalue weighted by molar-refractivity contribution is 0.0833. The molecule has 1 rings (SSSR count). The van der Waals surface area contributed by atoms with E-state index in [1.807, 2.05) is 0 Å². The molecule has 15 heavy (non-hydrogen) atoms. The van der Waals surface area contributed by atoms with Crippen LogP contribution in [-0.2, 0) is 9.47 Å². The molecule has 0 bridgehead atoms. The van der Waals surface area contributed by atoms with Crippen molar-refractivity contribution in [3.05, 3.63) is 35.6 Å².